The Kier molecular flexibility index (Phi) is 6.81. The van der Waals surface area contributed by atoms with Crippen molar-refractivity contribution < 1.29 is 9.90 Å². The summed E-state index contributed by atoms with van der Waals surface area (Å²) in [5.41, 5.74) is 2.86. The Morgan fingerprint density at radius 3 is 2.54 bits per heavy atom. The van der Waals surface area contributed by atoms with Gasteiger partial charge in [-0.2, -0.15) is 0 Å². The second-order valence-corrected chi connectivity index (χ2v) is 7.22. The van der Waals surface area contributed by atoms with Crippen LogP contribution >= 0.6 is 0 Å². The van der Waals surface area contributed by atoms with Crippen molar-refractivity contribution in [3.05, 3.63) is 71.3 Å². The Balaban J connectivity index is 1.46. The van der Waals surface area contributed by atoms with Crippen LogP contribution in [0.2, 0.25) is 0 Å². The molecule has 1 aliphatic rings. The Bertz CT molecular complexity index is 685. The van der Waals surface area contributed by atoms with E-state index in [2.05, 4.69) is 40.5 Å². The van der Waals surface area contributed by atoms with Gasteiger partial charge in [0.25, 0.3) is 0 Å². The van der Waals surface area contributed by atoms with Gasteiger partial charge in [-0.1, -0.05) is 48.9 Å². The third-order valence-corrected chi connectivity index (χ3v) is 5.07. The first-order valence-electron chi connectivity index (χ1n) is 9.50. The van der Waals surface area contributed by atoms with E-state index in [1.165, 1.54) is 31.4 Å². The summed E-state index contributed by atoms with van der Waals surface area (Å²) in [7, 11) is 0. The molecule has 4 nitrogen and oxygen atoms in total. The maximum Gasteiger partial charge on any atom is 0.335 e. The molecular weight excluding hydrogens is 324 g/mol. The molecule has 4 heteroatoms. The van der Waals surface area contributed by atoms with Crippen molar-refractivity contribution in [3.63, 3.8) is 0 Å². The third-order valence-electron chi connectivity index (χ3n) is 5.07. The standard InChI is InChI=1S/C22H28N2O2/c25-22(26)21-11-9-18(10-12-21)14-23-15-20-8-4-5-13-24(17-20)16-19-6-2-1-3-7-19/h1-3,6-7,9-12,20,23H,4-5,8,13-17H2,(H,25,26). The summed E-state index contributed by atoms with van der Waals surface area (Å²) in [6.45, 7) is 5.15. The van der Waals surface area contributed by atoms with Gasteiger partial charge in [0.2, 0.25) is 0 Å². The number of likely N-dealkylation sites (tertiary alicyclic amines) is 1. The summed E-state index contributed by atoms with van der Waals surface area (Å²) >= 11 is 0. The first-order chi connectivity index (χ1) is 12.7. The lowest BCUT2D eigenvalue weighted by Gasteiger charge is -2.24. The average Bonchev–Trinajstić information content (AvgIpc) is 2.88. The Morgan fingerprint density at radius 1 is 1.04 bits per heavy atom. The van der Waals surface area contributed by atoms with Gasteiger partial charge in [-0.15, -0.1) is 0 Å². The largest absolute Gasteiger partial charge is 0.478 e. The molecule has 0 radical (unpaired) electrons. The number of carboxylic acids is 1. The molecule has 0 spiro atoms. The maximum absolute atomic E-state index is 10.9. The highest BCUT2D eigenvalue weighted by Gasteiger charge is 2.18. The predicted molar refractivity (Wildman–Crippen MR) is 104 cm³/mol. The zero-order valence-corrected chi connectivity index (χ0v) is 15.2. The minimum absolute atomic E-state index is 0.342. The topological polar surface area (TPSA) is 52.6 Å². The van der Waals surface area contributed by atoms with E-state index in [9.17, 15) is 4.79 Å². The van der Waals surface area contributed by atoms with Gasteiger partial charge < -0.3 is 10.4 Å². The molecule has 138 valence electrons. The summed E-state index contributed by atoms with van der Waals surface area (Å²) in [6, 6.07) is 17.8. The van der Waals surface area contributed by atoms with Crippen LogP contribution in [-0.2, 0) is 13.1 Å². The number of benzene rings is 2. The van der Waals surface area contributed by atoms with Crippen molar-refractivity contribution in [1.29, 1.82) is 0 Å². The summed E-state index contributed by atoms with van der Waals surface area (Å²) in [6.07, 6.45) is 3.85. The van der Waals surface area contributed by atoms with E-state index in [0.717, 1.165) is 31.7 Å². The molecule has 2 N–H and O–H groups in total. The van der Waals surface area contributed by atoms with E-state index in [-0.39, 0.29) is 0 Å². The Hall–Kier alpha value is -2.17. The van der Waals surface area contributed by atoms with E-state index in [4.69, 9.17) is 5.11 Å². The Labute approximate surface area is 155 Å². The highest BCUT2D eigenvalue weighted by atomic mass is 16.4. The van der Waals surface area contributed by atoms with Crippen LogP contribution in [-0.4, -0.2) is 35.6 Å². The molecule has 3 rings (SSSR count). The fourth-order valence-corrected chi connectivity index (χ4v) is 3.65. The van der Waals surface area contributed by atoms with Crippen LogP contribution in [0.25, 0.3) is 0 Å². The molecule has 2 aromatic rings. The normalized spacial score (nSPS) is 18.4. The molecule has 2 aromatic carbocycles. The number of carboxylic acid groups (broad SMARTS) is 1. The van der Waals surface area contributed by atoms with Crippen LogP contribution in [0.15, 0.2) is 54.6 Å². The lowest BCUT2D eigenvalue weighted by atomic mass is 10.0. The van der Waals surface area contributed by atoms with E-state index in [0.29, 0.717) is 11.5 Å². The highest BCUT2D eigenvalue weighted by molar-refractivity contribution is 5.87. The number of hydrogen-bond acceptors (Lipinski definition) is 3. The minimum atomic E-state index is -0.874. The molecule has 0 bridgehead atoms. The van der Waals surface area contributed by atoms with Gasteiger partial charge in [0.05, 0.1) is 5.56 Å². The molecule has 26 heavy (non-hydrogen) atoms. The smallest absolute Gasteiger partial charge is 0.335 e. The molecule has 0 aromatic heterocycles. The third kappa shape index (κ3) is 5.68. The van der Waals surface area contributed by atoms with Crippen molar-refractivity contribution in [2.24, 2.45) is 5.92 Å². The maximum atomic E-state index is 10.9. The van der Waals surface area contributed by atoms with Crippen molar-refractivity contribution >= 4 is 5.97 Å². The fraction of sp³-hybridized carbons (Fsp3) is 0.409. The quantitative estimate of drug-likeness (QED) is 0.796. The number of aromatic carboxylic acids is 1. The van der Waals surface area contributed by atoms with Gasteiger partial charge >= 0.3 is 5.97 Å². The number of nitrogens with one attached hydrogen (secondary N) is 1. The molecule has 1 heterocycles. The molecule has 1 aliphatic heterocycles. The first kappa shape index (κ1) is 18.6. The predicted octanol–water partition coefficient (Wildman–Crippen LogP) is 3.78. The van der Waals surface area contributed by atoms with Gasteiger partial charge in [0.1, 0.15) is 0 Å². The second-order valence-electron chi connectivity index (χ2n) is 7.22. The van der Waals surface area contributed by atoms with Crippen molar-refractivity contribution in [2.45, 2.75) is 32.4 Å². The molecule has 1 fully saturated rings. The molecular formula is C22H28N2O2. The van der Waals surface area contributed by atoms with Crippen LogP contribution in [0.3, 0.4) is 0 Å². The summed E-state index contributed by atoms with van der Waals surface area (Å²) in [5.74, 6) is -0.207. The number of carbonyl (C=O) groups is 1. The zero-order chi connectivity index (χ0) is 18.2. The molecule has 1 saturated heterocycles. The van der Waals surface area contributed by atoms with Crippen LogP contribution in [0.5, 0.6) is 0 Å². The summed E-state index contributed by atoms with van der Waals surface area (Å²) in [4.78, 5) is 13.5. The molecule has 0 aliphatic carbocycles. The van der Waals surface area contributed by atoms with Crippen LogP contribution in [0.4, 0.5) is 0 Å². The van der Waals surface area contributed by atoms with Crippen LogP contribution in [0.1, 0.15) is 40.7 Å². The van der Waals surface area contributed by atoms with Crippen molar-refractivity contribution in [3.8, 4) is 0 Å². The molecule has 1 unspecified atom stereocenters. The van der Waals surface area contributed by atoms with Gasteiger partial charge in [0, 0.05) is 19.6 Å². The van der Waals surface area contributed by atoms with E-state index in [1.807, 2.05) is 12.1 Å². The number of nitrogens with zero attached hydrogens (tertiary/aromatic N) is 1. The number of rotatable bonds is 7. The van der Waals surface area contributed by atoms with Gasteiger partial charge in [-0.05, 0) is 55.1 Å². The van der Waals surface area contributed by atoms with Crippen LogP contribution < -0.4 is 5.32 Å². The lowest BCUT2D eigenvalue weighted by Crippen LogP contribution is -2.33. The highest BCUT2D eigenvalue weighted by Crippen LogP contribution is 2.18. The fourth-order valence-electron chi connectivity index (χ4n) is 3.65. The Morgan fingerprint density at radius 2 is 1.81 bits per heavy atom. The molecule has 0 saturated carbocycles. The van der Waals surface area contributed by atoms with Gasteiger partial charge in [-0.3, -0.25) is 4.90 Å². The molecule has 0 amide bonds. The first-order valence-corrected chi connectivity index (χ1v) is 9.50. The van der Waals surface area contributed by atoms with E-state index < -0.39 is 5.97 Å². The monoisotopic (exact) mass is 352 g/mol. The summed E-state index contributed by atoms with van der Waals surface area (Å²) in [5, 5.41) is 12.5. The zero-order valence-electron chi connectivity index (χ0n) is 15.2. The van der Waals surface area contributed by atoms with E-state index >= 15 is 0 Å². The average molecular weight is 352 g/mol. The van der Waals surface area contributed by atoms with E-state index in [1.54, 1.807) is 12.1 Å². The lowest BCUT2D eigenvalue weighted by molar-refractivity contribution is 0.0697. The summed E-state index contributed by atoms with van der Waals surface area (Å²) < 4.78 is 0. The van der Waals surface area contributed by atoms with Gasteiger partial charge in [-0.25, -0.2) is 4.79 Å². The SMILES string of the molecule is O=C(O)c1ccc(CNCC2CCCCN(Cc3ccccc3)C2)cc1. The second kappa shape index (κ2) is 9.51. The molecule has 1 atom stereocenters. The number of hydrogen-bond donors (Lipinski definition) is 2. The minimum Gasteiger partial charge on any atom is -0.478 e. The van der Waals surface area contributed by atoms with Crippen molar-refractivity contribution in [2.75, 3.05) is 19.6 Å². The van der Waals surface area contributed by atoms with Crippen molar-refractivity contribution in [1.82, 2.24) is 10.2 Å². The van der Waals surface area contributed by atoms with Gasteiger partial charge in [0.15, 0.2) is 0 Å². The van der Waals surface area contributed by atoms with Crippen LogP contribution in [0, 0.1) is 5.92 Å².